The number of hydrogen-bond donors (Lipinski definition) is 0. The van der Waals surface area contributed by atoms with Crippen LogP contribution in [0.1, 0.15) is 28.4 Å². The highest BCUT2D eigenvalue weighted by Gasteiger charge is 2.37. The predicted molar refractivity (Wildman–Crippen MR) is 111 cm³/mol. The van der Waals surface area contributed by atoms with Crippen molar-refractivity contribution in [2.24, 2.45) is 0 Å². The van der Waals surface area contributed by atoms with Crippen molar-refractivity contribution in [2.75, 3.05) is 49.8 Å². The van der Waals surface area contributed by atoms with Crippen LogP contribution >= 0.6 is 0 Å². The van der Waals surface area contributed by atoms with Gasteiger partial charge in [0.15, 0.2) is 28.8 Å². The molecule has 0 saturated carbocycles. The molecule has 2 aromatic carbocycles. The number of carbonyl (C=O) groups excluding carboxylic acids is 1. The van der Waals surface area contributed by atoms with Crippen LogP contribution in [0.3, 0.4) is 0 Å². The zero-order valence-electron chi connectivity index (χ0n) is 18.6. The smallest absolute Gasteiger partial charge is 0.207 e. The van der Waals surface area contributed by atoms with Gasteiger partial charge < -0.3 is 37.9 Å². The zero-order valence-corrected chi connectivity index (χ0v) is 18.6. The maximum Gasteiger partial charge on any atom is 0.207 e. The Morgan fingerprint density at radius 1 is 0.677 bits per heavy atom. The Bertz CT molecular complexity index is 984. The molecule has 0 N–H and O–H groups in total. The van der Waals surface area contributed by atoms with Gasteiger partial charge in [-0.15, -0.1) is 0 Å². The highest BCUT2D eigenvalue weighted by molar-refractivity contribution is 6.04. The first-order chi connectivity index (χ1) is 15.0. The van der Waals surface area contributed by atoms with Crippen molar-refractivity contribution in [2.45, 2.75) is 12.5 Å². The maximum atomic E-state index is 13.2. The summed E-state index contributed by atoms with van der Waals surface area (Å²) < 4.78 is 44.4. The molecular formula is C22H26O9. The number of ether oxygens (including phenoxy) is 8. The fourth-order valence-electron chi connectivity index (χ4n) is 3.73. The van der Waals surface area contributed by atoms with Crippen molar-refractivity contribution in [3.05, 3.63) is 23.3 Å². The van der Waals surface area contributed by atoms with E-state index in [-0.39, 0.29) is 18.0 Å². The molecule has 9 heteroatoms. The van der Waals surface area contributed by atoms with E-state index in [2.05, 4.69) is 0 Å². The molecule has 0 amide bonds. The third-order valence-corrected chi connectivity index (χ3v) is 5.08. The van der Waals surface area contributed by atoms with Crippen LogP contribution in [0.5, 0.6) is 46.0 Å². The van der Waals surface area contributed by atoms with Crippen LogP contribution in [0.4, 0.5) is 0 Å². The van der Waals surface area contributed by atoms with E-state index >= 15 is 0 Å². The number of fused-ring (bicyclic) bond motifs is 1. The number of rotatable bonds is 8. The highest BCUT2D eigenvalue weighted by atomic mass is 16.6. The lowest BCUT2D eigenvalue weighted by Gasteiger charge is -2.29. The normalized spacial score (nSPS) is 14.8. The second-order valence-electron chi connectivity index (χ2n) is 6.52. The molecule has 168 valence electrons. The summed E-state index contributed by atoms with van der Waals surface area (Å²) in [5, 5.41) is 0. The van der Waals surface area contributed by atoms with E-state index in [0.29, 0.717) is 51.4 Å². The standard InChI is InChI=1S/C22H26O9/c1-24-15-8-11(18(26-3)22(30-7)20(15)28-5)13-9-12(23)17-14(31-13)10-16(25-2)19(27-4)21(17)29-6/h8,10,13H,9H2,1-7H3/t13-/m0/s1. The summed E-state index contributed by atoms with van der Waals surface area (Å²) >= 11 is 0. The van der Waals surface area contributed by atoms with E-state index in [1.807, 2.05) is 0 Å². The van der Waals surface area contributed by atoms with Crippen molar-refractivity contribution < 1.29 is 42.7 Å². The third-order valence-electron chi connectivity index (χ3n) is 5.08. The summed E-state index contributed by atoms with van der Waals surface area (Å²) in [4.78, 5) is 13.2. The number of Topliss-reactive ketones (excluding diaryl/α,β-unsaturated/α-hetero) is 1. The van der Waals surface area contributed by atoms with Crippen molar-refractivity contribution in [3.8, 4) is 46.0 Å². The maximum absolute atomic E-state index is 13.2. The van der Waals surface area contributed by atoms with E-state index in [4.69, 9.17) is 37.9 Å². The summed E-state index contributed by atoms with van der Waals surface area (Å²) in [6.45, 7) is 0. The van der Waals surface area contributed by atoms with Crippen LogP contribution in [0, 0.1) is 0 Å². The van der Waals surface area contributed by atoms with Crippen molar-refractivity contribution in [1.29, 1.82) is 0 Å². The molecule has 2 aromatic rings. The van der Waals surface area contributed by atoms with Gasteiger partial charge in [0.2, 0.25) is 17.2 Å². The Kier molecular flexibility index (Phi) is 6.53. The van der Waals surface area contributed by atoms with Gasteiger partial charge in [-0.05, 0) is 6.07 Å². The fourth-order valence-corrected chi connectivity index (χ4v) is 3.73. The molecule has 1 heterocycles. The van der Waals surface area contributed by atoms with Crippen LogP contribution in [0.2, 0.25) is 0 Å². The molecule has 31 heavy (non-hydrogen) atoms. The van der Waals surface area contributed by atoms with Crippen LogP contribution < -0.4 is 37.9 Å². The third kappa shape index (κ3) is 3.60. The lowest BCUT2D eigenvalue weighted by molar-refractivity contribution is 0.0838. The van der Waals surface area contributed by atoms with E-state index in [9.17, 15) is 4.79 Å². The second-order valence-corrected chi connectivity index (χ2v) is 6.52. The molecule has 3 rings (SSSR count). The summed E-state index contributed by atoms with van der Waals surface area (Å²) in [5.41, 5.74) is 0.868. The Balaban J connectivity index is 2.18. The molecule has 0 unspecified atom stereocenters. The van der Waals surface area contributed by atoms with Crippen LogP contribution in [-0.2, 0) is 0 Å². The van der Waals surface area contributed by atoms with Crippen LogP contribution in [-0.4, -0.2) is 55.6 Å². The van der Waals surface area contributed by atoms with Gasteiger partial charge in [0.05, 0.1) is 56.2 Å². The van der Waals surface area contributed by atoms with E-state index in [0.717, 1.165) is 0 Å². The molecule has 0 aliphatic carbocycles. The summed E-state index contributed by atoms with van der Waals surface area (Å²) in [5.74, 6) is 2.61. The van der Waals surface area contributed by atoms with Gasteiger partial charge in [-0.25, -0.2) is 0 Å². The fraction of sp³-hybridized carbons (Fsp3) is 0.409. The lowest BCUT2D eigenvalue weighted by atomic mass is 9.94. The molecule has 0 radical (unpaired) electrons. The molecule has 0 saturated heterocycles. The van der Waals surface area contributed by atoms with Crippen molar-refractivity contribution in [1.82, 2.24) is 0 Å². The van der Waals surface area contributed by atoms with Crippen molar-refractivity contribution >= 4 is 5.78 Å². The monoisotopic (exact) mass is 434 g/mol. The predicted octanol–water partition coefficient (Wildman–Crippen LogP) is 3.45. The first-order valence-electron chi connectivity index (χ1n) is 9.39. The number of methoxy groups -OCH3 is 7. The van der Waals surface area contributed by atoms with Gasteiger partial charge in [0.25, 0.3) is 0 Å². The topological polar surface area (TPSA) is 90.9 Å². The number of ketones is 1. The molecule has 0 fully saturated rings. The zero-order chi connectivity index (χ0) is 22.7. The van der Waals surface area contributed by atoms with E-state index in [1.165, 1.54) is 49.8 Å². The number of hydrogen-bond acceptors (Lipinski definition) is 9. The minimum atomic E-state index is -0.675. The van der Waals surface area contributed by atoms with Crippen LogP contribution in [0.25, 0.3) is 0 Å². The second kappa shape index (κ2) is 9.11. The first-order valence-corrected chi connectivity index (χ1v) is 9.39. The minimum absolute atomic E-state index is 0.0356. The van der Waals surface area contributed by atoms with Gasteiger partial charge in [0.1, 0.15) is 17.4 Å². The summed E-state index contributed by atoms with van der Waals surface area (Å²) in [6.07, 6.45) is -0.639. The average molecular weight is 434 g/mol. The average Bonchev–Trinajstić information content (AvgIpc) is 2.80. The van der Waals surface area contributed by atoms with Gasteiger partial charge in [0, 0.05) is 11.6 Å². The first kappa shape index (κ1) is 22.2. The molecule has 1 atom stereocenters. The number of carbonyl (C=O) groups is 1. The molecule has 9 nitrogen and oxygen atoms in total. The summed E-state index contributed by atoms with van der Waals surface area (Å²) in [6, 6.07) is 3.31. The van der Waals surface area contributed by atoms with Gasteiger partial charge >= 0.3 is 0 Å². The van der Waals surface area contributed by atoms with Gasteiger partial charge in [-0.1, -0.05) is 0 Å². The molecule has 0 aromatic heterocycles. The molecule has 0 spiro atoms. The molecule has 1 aliphatic heterocycles. The lowest BCUT2D eigenvalue weighted by Crippen LogP contribution is -2.22. The Morgan fingerprint density at radius 2 is 1.19 bits per heavy atom. The van der Waals surface area contributed by atoms with Crippen molar-refractivity contribution in [3.63, 3.8) is 0 Å². The van der Waals surface area contributed by atoms with Crippen LogP contribution in [0.15, 0.2) is 12.1 Å². The molecular weight excluding hydrogens is 408 g/mol. The Hall–Kier alpha value is -3.49. The molecule has 1 aliphatic rings. The minimum Gasteiger partial charge on any atom is -0.493 e. The largest absolute Gasteiger partial charge is 0.493 e. The van der Waals surface area contributed by atoms with E-state index < -0.39 is 6.10 Å². The summed E-state index contributed by atoms with van der Waals surface area (Å²) in [7, 11) is 10.4. The van der Waals surface area contributed by atoms with Gasteiger partial charge in [-0.2, -0.15) is 0 Å². The highest BCUT2D eigenvalue weighted by Crippen LogP contribution is 2.53. The van der Waals surface area contributed by atoms with E-state index in [1.54, 1.807) is 12.1 Å². The Labute approximate surface area is 180 Å². The quantitative estimate of drug-likeness (QED) is 0.619. The SMILES string of the molecule is COc1cc([C@@H]2CC(=O)c3c(cc(OC)c(OC)c3OC)O2)c(OC)c(OC)c1OC. The number of benzene rings is 2. The molecule has 0 bridgehead atoms. The Morgan fingerprint density at radius 3 is 1.71 bits per heavy atom. The van der Waals surface area contributed by atoms with Gasteiger partial charge in [-0.3, -0.25) is 4.79 Å².